The van der Waals surface area contributed by atoms with Crippen LogP contribution in [0.3, 0.4) is 0 Å². The van der Waals surface area contributed by atoms with Gasteiger partial charge in [-0.2, -0.15) is 0 Å². The van der Waals surface area contributed by atoms with Crippen molar-refractivity contribution in [3.63, 3.8) is 0 Å². The van der Waals surface area contributed by atoms with E-state index in [1.807, 2.05) is 11.9 Å². The summed E-state index contributed by atoms with van der Waals surface area (Å²) in [7, 11) is 3.69. The molecule has 22 heavy (non-hydrogen) atoms. The Balaban J connectivity index is 1.83. The molecule has 0 aliphatic carbocycles. The Bertz CT molecular complexity index is 629. The van der Waals surface area contributed by atoms with Gasteiger partial charge < -0.3 is 4.90 Å². The van der Waals surface area contributed by atoms with E-state index in [1.165, 1.54) is 17.7 Å². The fraction of sp³-hybridized carbons (Fsp3) is 0.312. The van der Waals surface area contributed by atoms with E-state index < -0.39 is 0 Å². The van der Waals surface area contributed by atoms with Crippen molar-refractivity contribution in [1.29, 1.82) is 0 Å². The number of rotatable bonds is 6. The second-order valence-electron chi connectivity index (χ2n) is 5.31. The monoisotopic (exact) mass is 384 g/mol. The fourth-order valence-corrected chi connectivity index (χ4v) is 3.30. The van der Waals surface area contributed by atoms with Crippen molar-refractivity contribution in [3.8, 4) is 0 Å². The molecule has 0 aliphatic heterocycles. The van der Waals surface area contributed by atoms with Gasteiger partial charge in [0.1, 0.15) is 5.82 Å². The molecule has 0 fully saturated rings. The Morgan fingerprint density at radius 2 is 1.86 bits per heavy atom. The number of hydrogen-bond donors (Lipinski definition) is 0. The van der Waals surface area contributed by atoms with Gasteiger partial charge >= 0.3 is 0 Å². The van der Waals surface area contributed by atoms with Crippen LogP contribution < -0.4 is 0 Å². The van der Waals surface area contributed by atoms with Crippen LogP contribution in [0.15, 0.2) is 39.5 Å². The minimum Gasteiger partial charge on any atom is -0.340 e. The summed E-state index contributed by atoms with van der Waals surface area (Å²) in [6, 6.07) is 8.29. The average Bonchev–Trinajstić information content (AvgIpc) is 2.86. The molecule has 0 radical (unpaired) electrons. The highest BCUT2D eigenvalue weighted by Crippen LogP contribution is 2.21. The Kier molecular flexibility index (Phi) is 6.11. The Hall–Kier alpha value is -1.24. The molecule has 1 heterocycles. The van der Waals surface area contributed by atoms with E-state index in [2.05, 4.69) is 27.4 Å². The highest BCUT2D eigenvalue weighted by Gasteiger charge is 2.13. The average molecular weight is 385 g/mol. The maximum absolute atomic E-state index is 12.9. The molecule has 0 saturated heterocycles. The molecule has 3 nitrogen and oxygen atoms in total. The molecule has 0 unspecified atom stereocenters. The molecule has 0 atom stereocenters. The van der Waals surface area contributed by atoms with Gasteiger partial charge in [0.25, 0.3) is 0 Å². The van der Waals surface area contributed by atoms with Crippen LogP contribution in [0.4, 0.5) is 4.39 Å². The molecular weight excluding hydrogens is 367 g/mol. The molecule has 1 amide bonds. The number of halogens is 2. The summed E-state index contributed by atoms with van der Waals surface area (Å²) in [5.41, 5.74) is 2.11. The molecule has 6 heteroatoms. The van der Waals surface area contributed by atoms with Crippen LogP contribution in [0.25, 0.3) is 0 Å². The molecule has 0 aliphatic rings. The van der Waals surface area contributed by atoms with Crippen molar-refractivity contribution >= 4 is 33.2 Å². The standard InChI is InChI=1S/C16H18BrFN2OS/c1-19(8-13-7-15(17)22-11-13)10-16(21)20(2)9-12-3-5-14(18)6-4-12/h3-7,11H,8-10H2,1-2H3. The highest BCUT2D eigenvalue weighted by atomic mass is 79.9. The lowest BCUT2D eigenvalue weighted by Crippen LogP contribution is -2.35. The van der Waals surface area contributed by atoms with E-state index in [4.69, 9.17) is 0 Å². The quantitative estimate of drug-likeness (QED) is 0.757. The summed E-state index contributed by atoms with van der Waals surface area (Å²) in [6.07, 6.45) is 0. The van der Waals surface area contributed by atoms with Gasteiger partial charge in [-0.1, -0.05) is 12.1 Å². The summed E-state index contributed by atoms with van der Waals surface area (Å²) in [4.78, 5) is 15.9. The smallest absolute Gasteiger partial charge is 0.236 e. The molecule has 0 spiro atoms. The summed E-state index contributed by atoms with van der Waals surface area (Å²) in [5.74, 6) is -0.222. The van der Waals surface area contributed by atoms with E-state index in [1.54, 1.807) is 35.4 Å². The van der Waals surface area contributed by atoms with Crippen LogP contribution in [0.2, 0.25) is 0 Å². The third-order valence-electron chi connectivity index (χ3n) is 3.24. The lowest BCUT2D eigenvalue weighted by atomic mass is 10.2. The molecule has 0 N–H and O–H groups in total. The molecule has 0 bridgehead atoms. The number of benzene rings is 1. The van der Waals surface area contributed by atoms with Crippen LogP contribution in [0, 0.1) is 5.82 Å². The zero-order chi connectivity index (χ0) is 16.1. The predicted molar refractivity (Wildman–Crippen MR) is 91.2 cm³/mol. The zero-order valence-corrected chi connectivity index (χ0v) is 15.0. The fourth-order valence-electron chi connectivity index (χ4n) is 2.10. The van der Waals surface area contributed by atoms with Gasteiger partial charge in [-0.25, -0.2) is 4.39 Å². The lowest BCUT2D eigenvalue weighted by Gasteiger charge is -2.21. The minimum absolute atomic E-state index is 0.0427. The number of nitrogens with zero attached hydrogens (tertiary/aromatic N) is 2. The molecule has 118 valence electrons. The number of likely N-dealkylation sites (N-methyl/N-ethyl adjacent to an activating group) is 2. The van der Waals surface area contributed by atoms with Crippen LogP contribution in [0.5, 0.6) is 0 Å². The summed E-state index contributed by atoms with van der Waals surface area (Å²) >= 11 is 5.07. The third kappa shape index (κ3) is 5.19. The number of hydrogen-bond acceptors (Lipinski definition) is 3. The van der Waals surface area contributed by atoms with Crippen molar-refractivity contribution in [2.75, 3.05) is 20.6 Å². The van der Waals surface area contributed by atoms with Gasteiger partial charge in [0.05, 0.1) is 10.3 Å². The number of thiophene rings is 1. The summed E-state index contributed by atoms with van der Waals surface area (Å²) < 4.78 is 14.0. The van der Waals surface area contributed by atoms with Crippen molar-refractivity contribution in [2.45, 2.75) is 13.1 Å². The van der Waals surface area contributed by atoms with Crippen molar-refractivity contribution in [2.24, 2.45) is 0 Å². The van der Waals surface area contributed by atoms with Crippen LogP contribution in [-0.4, -0.2) is 36.3 Å². The van der Waals surface area contributed by atoms with Gasteiger partial charge in [0.2, 0.25) is 5.91 Å². The minimum atomic E-state index is -0.264. The molecule has 2 rings (SSSR count). The first kappa shape index (κ1) is 17.1. The van der Waals surface area contributed by atoms with Crippen LogP contribution >= 0.6 is 27.3 Å². The molecule has 0 saturated carbocycles. The zero-order valence-electron chi connectivity index (χ0n) is 12.6. The van der Waals surface area contributed by atoms with Gasteiger partial charge in [-0.05, 0) is 57.7 Å². The van der Waals surface area contributed by atoms with E-state index >= 15 is 0 Å². The SMILES string of the molecule is CN(CC(=O)N(C)Cc1ccc(F)cc1)Cc1csc(Br)c1. The van der Waals surface area contributed by atoms with Gasteiger partial charge in [-0.3, -0.25) is 9.69 Å². The Labute approximate surface area is 142 Å². The van der Waals surface area contributed by atoms with Crippen molar-refractivity contribution < 1.29 is 9.18 Å². The topological polar surface area (TPSA) is 23.6 Å². The highest BCUT2D eigenvalue weighted by molar-refractivity contribution is 9.11. The second-order valence-corrected chi connectivity index (χ2v) is 7.60. The summed E-state index contributed by atoms with van der Waals surface area (Å²) in [5, 5.41) is 2.08. The Morgan fingerprint density at radius 3 is 2.45 bits per heavy atom. The molecule has 1 aromatic heterocycles. The molecular formula is C16H18BrFN2OS. The van der Waals surface area contributed by atoms with Crippen LogP contribution in [0.1, 0.15) is 11.1 Å². The normalized spacial score (nSPS) is 11.0. The first-order valence-corrected chi connectivity index (χ1v) is 8.51. The first-order chi connectivity index (χ1) is 10.4. The largest absolute Gasteiger partial charge is 0.340 e. The molecule has 2 aromatic rings. The van der Waals surface area contributed by atoms with E-state index in [0.717, 1.165) is 15.9 Å². The van der Waals surface area contributed by atoms with Crippen molar-refractivity contribution in [3.05, 3.63) is 56.4 Å². The van der Waals surface area contributed by atoms with Gasteiger partial charge in [0.15, 0.2) is 0 Å². The lowest BCUT2D eigenvalue weighted by molar-refractivity contribution is -0.131. The maximum atomic E-state index is 12.9. The second kappa shape index (κ2) is 7.85. The van der Waals surface area contributed by atoms with Gasteiger partial charge in [-0.15, -0.1) is 11.3 Å². The number of amides is 1. The predicted octanol–water partition coefficient (Wildman–Crippen LogP) is 3.74. The van der Waals surface area contributed by atoms with E-state index in [9.17, 15) is 9.18 Å². The van der Waals surface area contributed by atoms with Crippen LogP contribution in [-0.2, 0) is 17.9 Å². The maximum Gasteiger partial charge on any atom is 0.236 e. The Morgan fingerprint density at radius 1 is 1.18 bits per heavy atom. The van der Waals surface area contributed by atoms with E-state index in [0.29, 0.717) is 13.1 Å². The number of carbonyl (C=O) groups is 1. The van der Waals surface area contributed by atoms with Gasteiger partial charge in [0, 0.05) is 20.1 Å². The molecule has 1 aromatic carbocycles. The third-order valence-corrected chi connectivity index (χ3v) is 4.79. The number of carbonyl (C=O) groups excluding carboxylic acids is 1. The summed E-state index contributed by atoms with van der Waals surface area (Å²) in [6.45, 7) is 1.57. The van der Waals surface area contributed by atoms with Crippen molar-refractivity contribution in [1.82, 2.24) is 9.80 Å². The van der Waals surface area contributed by atoms with E-state index in [-0.39, 0.29) is 11.7 Å². The first-order valence-electron chi connectivity index (χ1n) is 6.84.